The van der Waals surface area contributed by atoms with Crippen LogP contribution in [0.25, 0.3) is 11.8 Å². The highest BCUT2D eigenvalue weighted by Crippen LogP contribution is 3.02. The Labute approximate surface area is 257 Å². The average Bonchev–Trinajstić information content (AvgIpc) is 3.36. The van der Waals surface area contributed by atoms with Crippen LogP contribution in [0.15, 0.2) is 101 Å². The number of carbonyl (C=O) groups excluding carboxylic acids is 1. The van der Waals surface area contributed by atoms with Crippen molar-refractivity contribution < 1.29 is 29.0 Å². The molecule has 0 saturated carbocycles. The molecule has 0 bridgehead atoms. The smallest absolute Gasteiger partial charge is 0.310 e. The van der Waals surface area contributed by atoms with Gasteiger partial charge in [-0.05, 0) is 78.9 Å². The Bertz CT molecular complexity index is 1820. The number of carbonyl (C=O) groups is 1. The zero-order valence-electron chi connectivity index (χ0n) is 24.4. The van der Waals surface area contributed by atoms with Crippen molar-refractivity contribution in [3.63, 3.8) is 0 Å². The van der Waals surface area contributed by atoms with Gasteiger partial charge >= 0.3 is 10.2 Å². The number of amides is 1. The number of piperidine rings is 1. The molecule has 0 radical (unpaired) electrons. The van der Waals surface area contributed by atoms with Gasteiger partial charge in [0, 0.05) is 12.7 Å². The maximum Gasteiger partial charge on any atom is 0.310 e. The number of imidazole rings is 1. The molecule has 45 heavy (non-hydrogen) atoms. The number of nitrogens with zero attached hydrogens (tertiary/aromatic N) is 5. The van der Waals surface area contributed by atoms with Gasteiger partial charge in [-0.2, -0.15) is 4.99 Å². The summed E-state index contributed by atoms with van der Waals surface area (Å²) in [7, 11) is -8.32. The summed E-state index contributed by atoms with van der Waals surface area (Å²) in [5.74, 6) is 0.545. The van der Waals surface area contributed by atoms with E-state index in [1.165, 1.54) is 0 Å². The van der Waals surface area contributed by atoms with E-state index in [1.807, 2.05) is 60.2 Å². The summed E-state index contributed by atoms with van der Waals surface area (Å²) >= 11 is 0. The largest absolute Gasteiger partial charge is 0.495 e. The van der Waals surface area contributed by atoms with Gasteiger partial charge in [0.15, 0.2) is 5.84 Å². The van der Waals surface area contributed by atoms with Crippen LogP contribution in [0.3, 0.4) is 0 Å². The van der Waals surface area contributed by atoms with E-state index in [4.69, 9.17) is 4.74 Å². The number of rotatable bonds is 6. The fourth-order valence-corrected chi connectivity index (χ4v) is 6.37. The monoisotopic (exact) mass is 643 g/mol. The lowest BCUT2D eigenvalue weighted by Crippen LogP contribution is -2.50. The third kappa shape index (κ3) is 6.30. The number of benzene rings is 3. The fraction of sp³-hybridized carbons (Fsp3) is 0.219. The lowest BCUT2D eigenvalue weighted by Gasteiger charge is -2.45. The highest BCUT2D eigenvalue weighted by atomic mass is 32.5. The van der Waals surface area contributed by atoms with Gasteiger partial charge in [0.25, 0.3) is 0 Å². The number of hydrogen-bond donors (Lipinski definition) is 0. The molecule has 1 saturated heterocycles. The number of halogens is 5. The summed E-state index contributed by atoms with van der Waals surface area (Å²) in [6, 6.07) is 16.9. The van der Waals surface area contributed by atoms with E-state index in [1.54, 1.807) is 35.6 Å². The van der Waals surface area contributed by atoms with Crippen LogP contribution < -0.4 is 9.75 Å². The minimum Gasteiger partial charge on any atom is -0.495 e. The molecule has 1 aromatic heterocycles. The van der Waals surface area contributed by atoms with Crippen molar-refractivity contribution in [2.24, 2.45) is 4.99 Å². The average molecular weight is 644 g/mol. The van der Waals surface area contributed by atoms with Gasteiger partial charge in [-0.25, -0.2) is 4.98 Å². The summed E-state index contributed by atoms with van der Waals surface area (Å²) in [6.07, 6.45) is 6.63. The molecule has 1 fully saturated rings. The second-order valence-corrected chi connectivity index (χ2v) is 13.4. The number of aromatic nitrogens is 2. The van der Waals surface area contributed by atoms with Crippen molar-refractivity contribution in [1.29, 1.82) is 0 Å². The number of hydrazine groups is 1. The molecule has 2 aliphatic rings. The summed E-state index contributed by atoms with van der Waals surface area (Å²) in [5, 5.41) is 3.47. The molecule has 0 aliphatic carbocycles. The van der Waals surface area contributed by atoms with E-state index >= 15 is 0 Å². The van der Waals surface area contributed by atoms with Gasteiger partial charge in [0.1, 0.15) is 10.6 Å². The standard InChI is InChI=1S/C32H30F5N5O2S/c1-22-20-40(21-38-22)28-15-10-23(18-30(28)44-2)17-25-9-6-16-41-32(25)39-31(43)19-29(24-7-4-3-5-8-24)42(41)26-11-13-27(14-12-26)45(33,34,35,36)37/h3-5,7-8,10-15,17-18,20-21,29H,6,9,16,19H2,1-2H3/b25-17+. The first-order valence-electron chi connectivity index (χ1n) is 14.2. The van der Waals surface area contributed by atoms with Gasteiger partial charge in [0.05, 0.1) is 43.0 Å². The number of methoxy groups -OCH3 is 1. The minimum absolute atomic E-state index is 0.0759. The molecule has 236 valence electrons. The third-order valence-electron chi connectivity index (χ3n) is 7.77. The molecule has 1 unspecified atom stereocenters. The van der Waals surface area contributed by atoms with E-state index in [2.05, 4.69) is 9.98 Å². The van der Waals surface area contributed by atoms with Crippen LogP contribution in [0, 0.1) is 6.92 Å². The number of amidine groups is 1. The summed E-state index contributed by atoms with van der Waals surface area (Å²) < 4.78 is 75.4. The van der Waals surface area contributed by atoms with E-state index < -0.39 is 27.1 Å². The highest BCUT2D eigenvalue weighted by Gasteiger charge is 2.65. The van der Waals surface area contributed by atoms with Crippen LogP contribution in [0.5, 0.6) is 5.75 Å². The summed E-state index contributed by atoms with van der Waals surface area (Å²) in [5.41, 5.74) is 4.12. The van der Waals surface area contributed by atoms with Crippen molar-refractivity contribution in [1.82, 2.24) is 14.6 Å². The van der Waals surface area contributed by atoms with Crippen LogP contribution in [0.4, 0.5) is 25.1 Å². The lowest BCUT2D eigenvalue weighted by molar-refractivity contribution is -0.118. The molecule has 3 heterocycles. The van der Waals surface area contributed by atoms with Crippen LogP contribution in [0.2, 0.25) is 0 Å². The van der Waals surface area contributed by atoms with E-state index in [0.717, 1.165) is 40.2 Å². The number of anilines is 1. The SMILES string of the molecule is COc1cc(/C=C2\CCCN3C2=NC(=O)CC(c2ccccc2)N3c2ccc(S(F)(F)(F)(F)F)cc2)ccc1-n1cnc(C)c1. The second-order valence-electron chi connectivity index (χ2n) is 11.0. The Morgan fingerprint density at radius 1 is 0.978 bits per heavy atom. The van der Waals surface area contributed by atoms with Crippen LogP contribution in [0.1, 0.15) is 42.1 Å². The first-order valence-corrected chi connectivity index (χ1v) is 16.1. The first-order chi connectivity index (χ1) is 21.2. The molecule has 1 amide bonds. The van der Waals surface area contributed by atoms with Gasteiger partial charge in [-0.1, -0.05) is 55.8 Å². The predicted molar refractivity (Wildman–Crippen MR) is 165 cm³/mol. The Hall–Kier alpha value is -4.65. The Morgan fingerprint density at radius 2 is 1.71 bits per heavy atom. The number of aryl methyl sites for hydroxylation is 1. The van der Waals surface area contributed by atoms with E-state index in [0.29, 0.717) is 43.1 Å². The Kier molecular flexibility index (Phi) is 7.07. The lowest BCUT2D eigenvalue weighted by atomic mass is 10.00. The van der Waals surface area contributed by atoms with Crippen LogP contribution in [-0.2, 0) is 4.79 Å². The molecular formula is C32H30F5N5O2S. The van der Waals surface area contributed by atoms with Crippen molar-refractivity contribution in [3.05, 3.63) is 108 Å². The zero-order chi connectivity index (χ0) is 32.0. The number of aliphatic imine (C=N–C) groups is 1. The number of fused-ring (bicyclic) bond motifs is 1. The van der Waals surface area contributed by atoms with Crippen molar-refractivity contribution in [2.75, 3.05) is 18.7 Å². The molecule has 3 aromatic carbocycles. The molecule has 1 atom stereocenters. The normalized spacial score (nSPS) is 19.8. The summed E-state index contributed by atoms with van der Waals surface area (Å²) in [6.45, 7) is 2.29. The molecule has 13 heteroatoms. The van der Waals surface area contributed by atoms with E-state index in [-0.39, 0.29) is 12.1 Å². The molecule has 4 aromatic rings. The highest BCUT2D eigenvalue weighted by molar-refractivity contribution is 8.45. The van der Waals surface area contributed by atoms with Crippen molar-refractivity contribution in [2.45, 2.75) is 37.1 Å². The Balaban J connectivity index is 1.43. The summed E-state index contributed by atoms with van der Waals surface area (Å²) in [4.78, 5) is 20.1. The first kappa shape index (κ1) is 30.4. The topological polar surface area (TPSA) is 63.0 Å². The van der Waals surface area contributed by atoms with Crippen LogP contribution >= 0.6 is 10.2 Å². The van der Waals surface area contributed by atoms with Gasteiger partial charge in [-0.15, -0.1) is 0 Å². The molecule has 7 nitrogen and oxygen atoms in total. The Morgan fingerprint density at radius 3 is 2.36 bits per heavy atom. The van der Waals surface area contributed by atoms with Crippen molar-refractivity contribution >= 4 is 33.7 Å². The zero-order valence-corrected chi connectivity index (χ0v) is 25.2. The molecule has 0 spiro atoms. The second kappa shape index (κ2) is 10.5. The molecule has 2 aliphatic heterocycles. The van der Waals surface area contributed by atoms with Crippen LogP contribution in [-0.4, -0.2) is 40.0 Å². The van der Waals surface area contributed by atoms with Gasteiger partial charge in [-0.3, -0.25) is 14.8 Å². The van der Waals surface area contributed by atoms with E-state index in [9.17, 15) is 24.2 Å². The number of hydrogen-bond acceptors (Lipinski definition) is 5. The predicted octanol–water partition coefficient (Wildman–Crippen LogP) is 8.82. The van der Waals surface area contributed by atoms with Gasteiger partial charge < -0.3 is 9.30 Å². The molecule has 0 N–H and O–H groups in total. The third-order valence-corrected chi connectivity index (χ3v) is 8.93. The quantitative estimate of drug-likeness (QED) is 0.197. The number of ether oxygens (including phenoxy) is 1. The van der Waals surface area contributed by atoms with Gasteiger partial charge in [0.2, 0.25) is 5.91 Å². The maximum absolute atomic E-state index is 13.6. The molecule has 6 rings (SSSR count). The minimum atomic E-state index is -9.88. The maximum atomic E-state index is 13.6. The van der Waals surface area contributed by atoms with Crippen molar-refractivity contribution in [3.8, 4) is 11.4 Å². The fourth-order valence-electron chi connectivity index (χ4n) is 5.72. The molecular weight excluding hydrogens is 613 g/mol.